The molecule has 0 aromatic carbocycles. The van der Waals surface area contributed by atoms with Gasteiger partial charge in [0.1, 0.15) is 0 Å². The van der Waals surface area contributed by atoms with Crippen LogP contribution in [0.1, 0.15) is 101 Å². The third-order valence-corrected chi connectivity index (χ3v) is 8.46. The fourth-order valence-electron chi connectivity index (χ4n) is 5.80. The van der Waals surface area contributed by atoms with Crippen LogP contribution in [0, 0.1) is 16.7 Å². The summed E-state index contributed by atoms with van der Waals surface area (Å²) < 4.78 is 0. The molecule has 0 aromatic heterocycles. The summed E-state index contributed by atoms with van der Waals surface area (Å²) in [6.07, 6.45) is 39.5. The second-order valence-corrected chi connectivity index (χ2v) is 13.3. The maximum atomic E-state index is 2.41. The SMILES string of the molecule is CC1=CCCC(C)(C)[C@H]1/C=C/C(C)=C\C=C\C(C)=C/C=C/C=C(C)\C=C\C=C(C)/C=C/C1=C(C)CCCC1(C)C. The molecule has 2 aliphatic carbocycles. The Morgan fingerprint density at radius 2 is 1.23 bits per heavy atom. The Morgan fingerprint density at radius 1 is 0.700 bits per heavy atom. The van der Waals surface area contributed by atoms with Gasteiger partial charge in [-0.3, -0.25) is 0 Å². The first-order chi connectivity index (χ1) is 18.8. The quantitative estimate of drug-likeness (QED) is 0.192. The molecule has 0 saturated carbocycles. The lowest BCUT2D eigenvalue weighted by Crippen LogP contribution is -2.26. The second-order valence-electron chi connectivity index (χ2n) is 13.3. The summed E-state index contributed by atoms with van der Waals surface area (Å²) >= 11 is 0. The third kappa shape index (κ3) is 11.3. The average molecular weight is 537 g/mol. The standard InChI is InChI=1S/C40H56/c1-31(19-13-21-33(3)25-27-37-35(5)23-15-29-39(37,7)8)17-11-12-18-32(2)20-14-22-34(4)26-28-38-36(6)24-16-30-40(38,9)10/h11-14,17-23,25-28,37H,15-16,24,29-30H2,1-10H3/b12-11+,19-13+,20-14+,27-25+,28-26+,31-17-,32-18-,33-21-,34-22-/t37-/m0/s1. The van der Waals surface area contributed by atoms with E-state index < -0.39 is 0 Å². The fourth-order valence-corrected chi connectivity index (χ4v) is 5.80. The van der Waals surface area contributed by atoms with Gasteiger partial charge in [0.2, 0.25) is 0 Å². The van der Waals surface area contributed by atoms with Crippen LogP contribution in [0.4, 0.5) is 0 Å². The highest BCUT2D eigenvalue weighted by Gasteiger charge is 2.30. The van der Waals surface area contributed by atoms with E-state index in [2.05, 4.69) is 160 Å². The molecule has 0 radical (unpaired) electrons. The van der Waals surface area contributed by atoms with Crippen molar-refractivity contribution in [2.24, 2.45) is 16.7 Å². The highest BCUT2D eigenvalue weighted by atomic mass is 14.3. The Labute approximate surface area is 247 Å². The summed E-state index contributed by atoms with van der Waals surface area (Å²) in [5.74, 6) is 0.532. The molecular formula is C40H56. The van der Waals surface area contributed by atoms with Gasteiger partial charge in [0.05, 0.1) is 0 Å². The third-order valence-electron chi connectivity index (χ3n) is 8.46. The van der Waals surface area contributed by atoms with E-state index in [1.54, 1.807) is 5.57 Å². The molecule has 40 heavy (non-hydrogen) atoms. The number of hydrogen-bond acceptors (Lipinski definition) is 0. The van der Waals surface area contributed by atoms with E-state index >= 15 is 0 Å². The predicted octanol–water partition coefficient (Wildman–Crippen LogP) is 12.5. The minimum Gasteiger partial charge on any atom is -0.0850 e. The molecule has 0 heteroatoms. The van der Waals surface area contributed by atoms with Gasteiger partial charge in [-0.05, 0) is 90.0 Å². The molecule has 2 rings (SSSR count). The molecule has 0 N–H and O–H groups in total. The van der Waals surface area contributed by atoms with E-state index in [0.29, 0.717) is 16.7 Å². The van der Waals surface area contributed by atoms with Gasteiger partial charge in [-0.2, -0.15) is 0 Å². The van der Waals surface area contributed by atoms with E-state index in [1.807, 2.05) is 0 Å². The molecule has 0 heterocycles. The summed E-state index contributed by atoms with van der Waals surface area (Å²) in [6.45, 7) is 22.7. The molecule has 1 atom stereocenters. The minimum absolute atomic E-state index is 0.291. The lowest BCUT2D eigenvalue weighted by atomic mass is 9.68. The van der Waals surface area contributed by atoms with Gasteiger partial charge in [-0.15, -0.1) is 0 Å². The maximum absolute atomic E-state index is 2.41. The van der Waals surface area contributed by atoms with Crippen molar-refractivity contribution in [1.82, 2.24) is 0 Å². The Morgan fingerprint density at radius 3 is 1.77 bits per heavy atom. The topological polar surface area (TPSA) is 0 Å². The molecule has 0 spiro atoms. The van der Waals surface area contributed by atoms with Crippen LogP contribution in [-0.2, 0) is 0 Å². The first kappa shape index (κ1) is 33.3. The van der Waals surface area contributed by atoms with Gasteiger partial charge in [0.25, 0.3) is 0 Å². The van der Waals surface area contributed by atoms with Gasteiger partial charge < -0.3 is 0 Å². The summed E-state index contributed by atoms with van der Waals surface area (Å²) in [6, 6.07) is 0. The molecule has 0 bridgehead atoms. The molecule has 2 aliphatic rings. The van der Waals surface area contributed by atoms with Crippen molar-refractivity contribution in [2.45, 2.75) is 101 Å². The van der Waals surface area contributed by atoms with Crippen LogP contribution in [0.2, 0.25) is 0 Å². The van der Waals surface area contributed by atoms with Crippen molar-refractivity contribution in [3.05, 3.63) is 130 Å². The minimum atomic E-state index is 0.291. The maximum Gasteiger partial charge on any atom is 0.00285 e. The van der Waals surface area contributed by atoms with Gasteiger partial charge in [0, 0.05) is 5.92 Å². The van der Waals surface area contributed by atoms with E-state index in [4.69, 9.17) is 0 Å². The first-order valence-corrected chi connectivity index (χ1v) is 15.3. The van der Waals surface area contributed by atoms with Gasteiger partial charge in [-0.1, -0.05) is 152 Å². The number of rotatable bonds is 10. The molecule has 0 saturated heterocycles. The van der Waals surface area contributed by atoms with Crippen LogP contribution in [0.5, 0.6) is 0 Å². The largest absolute Gasteiger partial charge is 0.0850 e. The second kappa shape index (κ2) is 15.8. The van der Waals surface area contributed by atoms with Crippen LogP contribution in [0.25, 0.3) is 0 Å². The molecule has 0 nitrogen and oxygen atoms in total. The van der Waals surface area contributed by atoms with Crippen LogP contribution < -0.4 is 0 Å². The highest BCUT2D eigenvalue weighted by Crippen LogP contribution is 2.42. The van der Waals surface area contributed by atoms with Gasteiger partial charge in [0.15, 0.2) is 0 Å². The molecule has 216 valence electrons. The summed E-state index contributed by atoms with van der Waals surface area (Å²) in [5.41, 5.74) is 10.2. The molecule has 0 aromatic rings. The molecule has 0 unspecified atom stereocenters. The van der Waals surface area contributed by atoms with Crippen LogP contribution >= 0.6 is 0 Å². The van der Waals surface area contributed by atoms with Crippen LogP contribution in [0.3, 0.4) is 0 Å². The lowest BCUT2D eigenvalue weighted by Gasteiger charge is -2.36. The Hall–Kier alpha value is -2.86. The van der Waals surface area contributed by atoms with Crippen molar-refractivity contribution in [3.8, 4) is 0 Å². The summed E-state index contributed by atoms with van der Waals surface area (Å²) in [4.78, 5) is 0. The van der Waals surface area contributed by atoms with E-state index in [1.165, 1.54) is 65.5 Å². The van der Waals surface area contributed by atoms with Crippen molar-refractivity contribution in [2.75, 3.05) is 0 Å². The first-order valence-electron chi connectivity index (χ1n) is 15.3. The van der Waals surface area contributed by atoms with E-state index in [9.17, 15) is 0 Å². The van der Waals surface area contributed by atoms with E-state index in [0.717, 1.165) is 0 Å². The molecule has 0 fully saturated rings. The molecule has 0 aliphatic heterocycles. The molecule has 0 amide bonds. The molecular weight excluding hydrogens is 480 g/mol. The van der Waals surface area contributed by atoms with Gasteiger partial charge in [-0.25, -0.2) is 0 Å². The zero-order chi connectivity index (χ0) is 29.8. The van der Waals surface area contributed by atoms with Crippen LogP contribution in [0.15, 0.2) is 130 Å². The predicted molar refractivity (Wildman–Crippen MR) is 181 cm³/mol. The van der Waals surface area contributed by atoms with Crippen molar-refractivity contribution >= 4 is 0 Å². The van der Waals surface area contributed by atoms with Crippen molar-refractivity contribution in [1.29, 1.82) is 0 Å². The monoisotopic (exact) mass is 536 g/mol. The van der Waals surface area contributed by atoms with Gasteiger partial charge >= 0.3 is 0 Å². The Bertz CT molecular complexity index is 1200. The smallest absolute Gasteiger partial charge is 0.00285 e. The summed E-state index contributed by atoms with van der Waals surface area (Å²) in [7, 11) is 0. The van der Waals surface area contributed by atoms with E-state index in [-0.39, 0.29) is 0 Å². The Kier molecular flexibility index (Phi) is 13.2. The zero-order valence-electron chi connectivity index (χ0n) is 27.3. The summed E-state index contributed by atoms with van der Waals surface area (Å²) in [5, 5.41) is 0. The highest BCUT2D eigenvalue weighted by molar-refractivity contribution is 5.37. The average Bonchev–Trinajstić information content (AvgIpc) is 2.85. The van der Waals surface area contributed by atoms with Crippen LogP contribution in [-0.4, -0.2) is 0 Å². The number of hydrogen-bond donors (Lipinski definition) is 0. The normalized spacial score (nSPS) is 23.6. The van der Waals surface area contributed by atoms with Crippen molar-refractivity contribution in [3.63, 3.8) is 0 Å². The van der Waals surface area contributed by atoms with Crippen molar-refractivity contribution < 1.29 is 0 Å². The Balaban J connectivity index is 1.88. The lowest BCUT2D eigenvalue weighted by molar-refractivity contribution is 0.255. The fraction of sp³-hybridized carbons (Fsp3) is 0.450. The number of allylic oxidation sites excluding steroid dienone is 22. The zero-order valence-corrected chi connectivity index (χ0v) is 27.3.